The van der Waals surface area contributed by atoms with Crippen molar-refractivity contribution in [1.29, 1.82) is 0 Å². The van der Waals surface area contributed by atoms with Crippen LogP contribution < -0.4 is 5.32 Å². The van der Waals surface area contributed by atoms with Gasteiger partial charge in [-0.2, -0.15) is 0 Å². The Morgan fingerprint density at radius 2 is 2.11 bits per heavy atom. The average Bonchev–Trinajstić information content (AvgIpc) is 3.02. The van der Waals surface area contributed by atoms with Gasteiger partial charge in [-0.15, -0.1) is 0 Å². The molecule has 2 aliphatic rings. The molecule has 1 unspecified atom stereocenters. The molecule has 0 amide bonds. The standard InChI is InChI=1S/C15H22N2O/c18-15(6-7-16-12-15)14-5-3-4-13(10-14)11-17-8-1-2-9-17/h3-5,10,16,18H,1-2,6-9,11-12H2. The van der Waals surface area contributed by atoms with Gasteiger partial charge in [0, 0.05) is 13.1 Å². The molecule has 3 nitrogen and oxygen atoms in total. The maximum absolute atomic E-state index is 10.6. The Kier molecular flexibility index (Phi) is 3.37. The van der Waals surface area contributed by atoms with Crippen molar-refractivity contribution in [2.75, 3.05) is 26.2 Å². The predicted molar refractivity (Wildman–Crippen MR) is 72.3 cm³/mol. The van der Waals surface area contributed by atoms with E-state index in [1.54, 1.807) is 0 Å². The van der Waals surface area contributed by atoms with Crippen molar-refractivity contribution in [3.05, 3.63) is 35.4 Å². The molecule has 1 aromatic carbocycles. The smallest absolute Gasteiger partial charge is 0.103 e. The summed E-state index contributed by atoms with van der Waals surface area (Å²) in [7, 11) is 0. The van der Waals surface area contributed by atoms with Crippen molar-refractivity contribution in [2.24, 2.45) is 0 Å². The van der Waals surface area contributed by atoms with Gasteiger partial charge in [0.2, 0.25) is 0 Å². The van der Waals surface area contributed by atoms with Crippen LogP contribution in [0.2, 0.25) is 0 Å². The van der Waals surface area contributed by atoms with Crippen LogP contribution in [0.4, 0.5) is 0 Å². The molecule has 98 valence electrons. The Balaban J connectivity index is 1.76. The van der Waals surface area contributed by atoms with E-state index in [-0.39, 0.29) is 0 Å². The summed E-state index contributed by atoms with van der Waals surface area (Å²) in [5, 5.41) is 13.8. The van der Waals surface area contributed by atoms with E-state index in [1.807, 2.05) is 0 Å². The number of nitrogens with zero attached hydrogens (tertiary/aromatic N) is 1. The van der Waals surface area contributed by atoms with Crippen molar-refractivity contribution in [2.45, 2.75) is 31.4 Å². The molecule has 1 aromatic rings. The SMILES string of the molecule is OC1(c2cccc(CN3CCCC3)c2)CCNC1. The lowest BCUT2D eigenvalue weighted by Crippen LogP contribution is -2.28. The Labute approximate surface area is 109 Å². The molecule has 0 saturated carbocycles. The summed E-state index contributed by atoms with van der Waals surface area (Å²) in [6.07, 6.45) is 3.47. The average molecular weight is 246 g/mol. The lowest BCUT2D eigenvalue weighted by molar-refractivity contribution is 0.0586. The second kappa shape index (κ2) is 5.00. The molecule has 0 spiro atoms. The first kappa shape index (κ1) is 12.2. The molecule has 3 rings (SSSR count). The summed E-state index contributed by atoms with van der Waals surface area (Å²) in [6, 6.07) is 8.50. The predicted octanol–water partition coefficient (Wildman–Crippen LogP) is 1.46. The number of aliphatic hydroxyl groups is 1. The number of benzene rings is 1. The van der Waals surface area contributed by atoms with Crippen molar-refractivity contribution >= 4 is 0 Å². The van der Waals surface area contributed by atoms with E-state index in [9.17, 15) is 5.11 Å². The fraction of sp³-hybridized carbons (Fsp3) is 0.600. The van der Waals surface area contributed by atoms with Crippen LogP contribution in [0.25, 0.3) is 0 Å². The highest BCUT2D eigenvalue weighted by atomic mass is 16.3. The molecular formula is C15H22N2O. The summed E-state index contributed by atoms with van der Waals surface area (Å²) in [5.74, 6) is 0. The number of hydrogen-bond donors (Lipinski definition) is 2. The fourth-order valence-corrected chi connectivity index (χ4v) is 3.08. The molecule has 3 heteroatoms. The second-order valence-corrected chi connectivity index (χ2v) is 5.64. The number of β-amino-alcohol motifs (C(OH)–C–C–N with tert-alkyl or cyclic N) is 1. The quantitative estimate of drug-likeness (QED) is 0.847. The normalized spacial score (nSPS) is 28.9. The fourth-order valence-electron chi connectivity index (χ4n) is 3.08. The minimum absolute atomic E-state index is 0.652. The highest BCUT2D eigenvalue weighted by molar-refractivity contribution is 5.29. The van der Waals surface area contributed by atoms with E-state index in [0.717, 1.165) is 25.1 Å². The van der Waals surface area contributed by atoms with Gasteiger partial charge >= 0.3 is 0 Å². The van der Waals surface area contributed by atoms with Crippen molar-refractivity contribution in [1.82, 2.24) is 10.2 Å². The molecule has 2 N–H and O–H groups in total. The Morgan fingerprint density at radius 3 is 2.83 bits per heavy atom. The summed E-state index contributed by atoms with van der Waals surface area (Å²) in [4.78, 5) is 2.50. The van der Waals surface area contributed by atoms with Gasteiger partial charge < -0.3 is 10.4 Å². The zero-order valence-electron chi connectivity index (χ0n) is 10.9. The maximum atomic E-state index is 10.6. The lowest BCUT2D eigenvalue weighted by Gasteiger charge is -2.23. The molecule has 2 fully saturated rings. The topological polar surface area (TPSA) is 35.5 Å². The Hall–Kier alpha value is -0.900. The molecular weight excluding hydrogens is 224 g/mol. The zero-order chi connectivity index (χ0) is 12.4. The molecule has 0 bridgehead atoms. The van der Waals surface area contributed by atoms with Crippen molar-refractivity contribution in [3.8, 4) is 0 Å². The van der Waals surface area contributed by atoms with Gasteiger partial charge in [-0.25, -0.2) is 0 Å². The van der Waals surface area contributed by atoms with Crippen molar-refractivity contribution < 1.29 is 5.11 Å². The first-order valence-electron chi connectivity index (χ1n) is 7.01. The van der Waals surface area contributed by atoms with E-state index < -0.39 is 5.60 Å². The molecule has 0 aromatic heterocycles. The monoisotopic (exact) mass is 246 g/mol. The molecule has 18 heavy (non-hydrogen) atoms. The highest BCUT2D eigenvalue weighted by Crippen LogP contribution is 2.28. The van der Waals surface area contributed by atoms with E-state index in [0.29, 0.717) is 6.54 Å². The van der Waals surface area contributed by atoms with E-state index in [2.05, 4.69) is 34.5 Å². The Bertz CT molecular complexity index is 407. The number of likely N-dealkylation sites (tertiary alicyclic amines) is 1. The van der Waals surface area contributed by atoms with Gasteiger partial charge in [0.25, 0.3) is 0 Å². The van der Waals surface area contributed by atoms with Crippen LogP contribution in [0.3, 0.4) is 0 Å². The molecule has 0 aliphatic carbocycles. The third-order valence-electron chi connectivity index (χ3n) is 4.20. The van der Waals surface area contributed by atoms with Crippen LogP contribution in [0.5, 0.6) is 0 Å². The first-order chi connectivity index (χ1) is 8.76. The molecule has 1 atom stereocenters. The van der Waals surface area contributed by atoms with Gasteiger partial charge in [0.05, 0.1) is 0 Å². The summed E-state index contributed by atoms with van der Waals surface area (Å²) in [5.41, 5.74) is 1.75. The second-order valence-electron chi connectivity index (χ2n) is 5.64. The van der Waals surface area contributed by atoms with E-state index in [4.69, 9.17) is 0 Å². The van der Waals surface area contributed by atoms with Crippen LogP contribution in [0, 0.1) is 0 Å². The number of hydrogen-bond acceptors (Lipinski definition) is 3. The van der Waals surface area contributed by atoms with Crippen LogP contribution >= 0.6 is 0 Å². The number of rotatable bonds is 3. The van der Waals surface area contributed by atoms with Crippen LogP contribution in [0.1, 0.15) is 30.4 Å². The molecule has 0 radical (unpaired) electrons. The molecule has 2 saturated heterocycles. The third kappa shape index (κ3) is 2.44. The third-order valence-corrected chi connectivity index (χ3v) is 4.20. The minimum atomic E-state index is -0.652. The molecule has 2 heterocycles. The van der Waals surface area contributed by atoms with Gasteiger partial charge in [0.15, 0.2) is 0 Å². The van der Waals surface area contributed by atoms with Gasteiger partial charge in [0.1, 0.15) is 5.60 Å². The van der Waals surface area contributed by atoms with Gasteiger partial charge in [-0.1, -0.05) is 24.3 Å². The van der Waals surface area contributed by atoms with E-state index in [1.165, 1.54) is 31.5 Å². The van der Waals surface area contributed by atoms with Crippen LogP contribution in [-0.4, -0.2) is 36.2 Å². The number of nitrogens with one attached hydrogen (secondary N) is 1. The summed E-state index contributed by atoms with van der Waals surface area (Å²) >= 11 is 0. The summed E-state index contributed by atoms with van der Waals surface area (Å²) < 4.78 is 0. The van der Waals surface area contributed by atoms with Crippen LogP contribution in [0.15, 0.2) is 24.3 Å². The maximum Gasteiger partial charge on any atom is 0.103 e. The Morgan fingerprint density at radius 1 is 1.28 bits per heavy atom. The highest BCUT2D eigenvalue weighted by Gasteiger charge is 2.32. The summed E-state index contributed by atoms with van der Waals surface area (Å²) in [6.45, 7) is 5.05. The van der Waals surface area contributed by atoms with E-state index >= 15 is 0 Å². The largest absolute Gasteiger partial charge is 0.384 e. The lowest BCUT2D eigenvalue weighted by atomic mass is 9.92. The van der Waals surface area contributed by atoms with Crippen molar-refractivity contribution in [3.63, 3.8) is 0 Å². The van der Waals surface area contributed by atoms with Gasteiger partial charge in [-0.3, -0.25) is 4.90 Å². The van der Waals surface area contributed by atoms with Crippen LogP contribution in [-0.2, 0) is 12.1 Å². The van der Waals surface area contributed by atoms with Gasteiger partial charge in [-0.05, 0) is 50.0 Å². The zero-order valence-corrected chi connectivity index (χ0v) is 10.9. The first-order valence-corrected chi connectivity index (χ1v) is 7.01. The molecule has 2 aliphatic heterocycles. The minimum Gasteiger partial charge on any atom is -0.384 e.